The van der Waals surface area contributed by atoms with Gasteiger partial charge in [0, 0.05) is 50.8 Å². The lowest BCUT2D eigenvalue weighted by atomic mass is 10.2. The molecule has 1 aromatic heterocycles. The van der Waals surface area contributed by atoms with E-state index < -0.39 is 5.82 Å². The number of rotatable bonds is 13. The van der Waals surface area contributed by atoms with Crippen LogP contribution in [0.5, 0.6) is 0 Å². The van der Waals surface area contributed by atoms with Crippen molar-refractivity contribution in [1.29, 1.82) is 0 Å². The molecule has 0 radical (unpaired) electrons. The Balaban J connectivity index is 2.15. The molecule has 1 aromatic carbocycles. The van der Waals surface area contributed by atoms with E-state index in [-0.39, 0.29) is 23.9 Å². The van der Waals surface area contributed by atoms with Crippen LogP contribution in [0.1, 0.15) is 49.2 Å². The Bertz CT molecular complexity index is 837. The summed E-state index contributed by atoms with van der Waals surface area (Å²) in [6.07, 6.45) is 4.41. The third-order valence-electron chi connectivity index (χ3n) is 5.14. The summed E-state index contributed by atoms with van der Waals surface area (Å²) in [4.78, 5) is 29.6. The molecule has 0 saturated heterocycles. The van der Waals surface area contributed by atoms with Crippen LogP contribution in [0.25, 0.3) is 0 Å². The normalized spacial score (nSPS) is 10.8. The summed E-state index contributed by atoms with van der Waals surface area (Å²) in [5.41, 5.74) is 1.27. The largest absolute Gasteiger partial charge is 0.382 e. The van der Waals surface area contributed by atoms with Gasteiger partial charge in [-0.2, -0.15) is 0 Å². The second kappa shape index (κ2) is 12.9. The molecule has 6 nitrogen and oxygen atoms in total. The van der Waals surface area contributed by atoms with Crippen LogP contribution < -0.4 is 0 Å². The highest BCUT2D eigenvalue weighted by Crippen LogP contribution is 2.12. The smallest absolute Gasteiger partial charge is 0.254 e. The van der Waals surface area contributed by atoms with Crippen molar-refractivity contribution >= 4 is 11.8 Å². The van der Waals surface area contributed by atoms with Crippen molar-refractivity contribution in [1.82, 2.24) is 14.4 Å². The second-order valence-electron chi connectivity index (χ2n) is 7.57. The molecule has 0 saturated carbocycles. The Morgan fingerprint density at radius 2 is 1.84 bits per heavy atom. The Morgan fingerprint density at radius 3 is 2.48 bits per heavy atom. The Labute approximate surface area is 184 Å². The zero-order valence-corrected chi connectivity index (χ0v) is 18.8. The molecule has 0 aliphatic rings. The minimum absolute atomic E-state index is 0.0460. The van der Waals surface area contributed by atoms with E-state index in [9.17, 15) is 14.0 Å². The predicted molar refractivity (Wildman–Crippen MR) is 119 cm³/mol. The molecular weight excluding hydrogens is 397 g/mol. The number of carbonyl (C=O) groups excluding carboxylic acids is 2. The van der Waals surface area contributed by atoms with Crippen molar-refractivity contribution in [3.05, 3.63) is 59.7 Å². The Hall–Kier alpha value is -2.67. The van der Waals surface area contributed by atoms with Gasteiger partial charge < -0.3 is 19.1 Å². The van der Waals surface area contributed by atoms with Gasteiger partial charge in [-0.1, -0.05) is 19.4 Å². The monoisotopic (exact) mass is 431 g/mol. The minimum Gasteiger partial charge on any atom is -0.382 e. The van der Waals surface area contributed by atoms with Crippen LogP contribution in [-0.4, -0.2) is 59.0 Å². The number of ether oxygens (including phenoxy) is 1. The van der Waals surface area contributed by atoms with Crippen LogP contribution in [0.15, 0.2) is 42.6 Å². The summed E-state index contributed by atoms with van der Waals surface area (Å²) in [6.45, 7) is 6.53. The summed E-state index contributed by atoms with van der Waals surface area (Å²) < 4.78 is 21.0. The van der Waals surface area contributed by atoms with Crippen molar-refractivity contribution in [2.45, 2.75) is 39.7 Å². The highest BCUT2D eigenvalue weighted by Gasteiger charge is 2.23. The fraction of sp³-hybridized carbons (Fsp3) is 0.500. The molecular formula is C24H34FN3O3. The molecule has 170 valence electrons. The van der Waals surface area contributed by atoms with Crippen LogP contribution >= 0.6 is 0 Å². The van der Waals surface area contributed by atoms with E-state index in [1.54, 1.807) is 11.0 Å². The average Bonchev–Trinajstić information content (AvgIpc) is 3.17. The predicted octanol–water partition coefficient (Wildman–Crippen LogP) is 3.86. The highest BCUT2D eigenvalue weighted by molar-refractivity contribution is 5.96. The zero-order valence-electron chi connectivity index (χ0n) is 18.8. The van der Waals surface area contributed by atoms with Gasteiger partial charge in [0.2, 0.25) is 5.91 Å². The van der Waals surface area contributed by atoms with Crippen molar-refractivity contribution in [3.63, 3.8) is 0 Å². The van der Waals surface area contributed by atoms with E-state index in [1.807, 2.05) is 36.9 Å². The first kappa shape index (κ1) is 24.6. The summed E-state index contributed by atoms with van der Waals surface area (Å²) in [5.74, 6) is -0.936. The molecule has 7 heteroatoms. The molecule has 0 atom stereocenters. The quantitative estimate of drug-likeness (QED) is 0.453. The van der Waals surface area contributed by atoms with Crippen molar-refractivity contribution in [2.24, 2.45) is 7.05 Å². The number of hydrogen-bond acceptors (Lipinski definition) is 3. The van der Waals surface area contributed by atoms with Crippen molar-refractivity contribution in [2.75, 3.05) is 32.8 Å². The molecule has 2 aromatic rings. The van der Waals surface area contributed by atoms with Crippen LogP contribution in [0.2, 0.25) is 0 Å². The lowest BCUT2D eigenvalue weighted by Gasteiger charge is -2.28. The fourth-order valence-corrected chi connectivity index (χ4v) is 3.32. The maximum atomic E-state index is 13.7. The fourth-order valence-electron chi connectivity index (χ4n) is 3.32. The maximum Gasteiger partial charge on any atom is 0.254 e. The van der Waals surface area contributed by atoms with Gasteiger partial charge in [0.05, 0.1) is 6.54 Å². The first-order chi connectivity index (χ1) is 15.0. The van der Waals surface area contributed by atoms with E-state index >= 15 is 0 Å². The SMILES string of the molecule is CCCCN(Cc1cccn1C)C(=O)CN(CCCOCC)C(=O)c1cccc(F)c1. The molecule has 1 heterocycles. The van der Waals surface area contributed by atoms with Gasteiger partial charge in [0.1, 0.15) is 12.4 Å². The number of benzene rings is 1. The summed E-state index contributed by atoms with van der Waals surface area (Å²) in [7, 11) is 1.95. The summed E-state index contributed by atoms with van der Waals surface area (Å²) in [6, 6.07) is 9.53. The zero-order chi connectivity index (χ0) is 22.6. The highest BCUT2D eigenvalue weighted by atomic mass is 19.1. The maximum absolute atomic E-state index is 13.7. The number of nitrogens with zero attached hydrogens (tertiary/aromatic N) is 3. The van der Waals surface area contributed by atoms with E-state index in [4.69, 9.17) is 4.74 Å². The van der Waals surface area contributed by atoms with Crippen LogP contribution in [0.3, 0.4) is 0 Å². The van der Waals surface area contributed by atoms with E-state index in [0.717, 1.165) is 18.5 Å². The van der Waals surface area contributed by atoms with Crippen molar-refractivity contribution in [3.8, 4) is 0 Å². The summed E-state index contributed by atoms with van der Waals surface area (Å²) in [5, 5.41) is 0. The average molecular weight is 432 g/mol. The molecule has 0 spiro atoms. The van der Waals surface area contributed by atoms with Gasteiger partial charge in [-0.05, 0) is 50.1 Å². The van der Waals surface area contributed by atoms with Crippen LogP contribution in [0.4, 0.5) is 4.39 Å². The van der Waals surface area contributed by atoms with Crippen molar-refractivity contribution < 1.29 is 18.7 Å². The van der Waals surface area contributed by atoms with Gasteiger partial charge in [0.15, 0.2) is 0 Å². The van der Waals surface area contributed by atoms with E-state index in [1.165, 1.54) is 23.1 Å². The third kappa shape index (κ3) is 7.83. The van der Waals surface area contributed by atoms with Gasteiger partial charge in [-0.3, -0.25) is 9.59 Å². The minimum atomic E-state index is -0.472. The molecule has 0 aliphatic carbocycles. The number of halogens is 1. The van der Waals surface area contributed by atoms with Gasteiger partial charge >= 0.3 is 0 Å². The number of hydrogen-bond donors (Lipinski definition) is 0. The van der Waals surface area contributed by atoms with Crippen LogP contribution in [0, 0.1) is 5.82 Å². The third-order valence-corrected chi connectivity index (χ3v) is 5.14. The Kier molecular flexibility index (Phi) is 10.2. The van der Waals surface area contributed by atoms with Gasteiger partial charge in [0.25, 0.3) is 5.91 Å². The van der Waals surface area contributed by atoms with Gasteiger partial charge in [-0.25, -0.2) is 4.39 Å². The second-order valence-corrected chi connectivity index (χ2v) is 7.57. The first-order valence-corrected chi connectivity index (χ1v) is 11.0. The van der Waals surface area contributed by atoms with E-state index in [2.05, 4.69) is 6.92 Å². The van der Waals surface area contributed by atoms with Gasteiger partial charge in [-0.15, -0.1) is 0 Å². The van der Waals surface area contributed by atoms with Crippen LogP contribution in [-0.2, 0) is 23.1 Å². The molecule has 0 unspecified atom stereocenters. The molecule has 0 fully saturated rings. The molecule has 2 amide bonds. The topological polar surface area (TPSA) is 54.8 Å². The molecule has 2 rings (SSSR count). The Morgan fingerprint density at radius 1 is 1.06 bits per heavy atom. The summed E-state index contributed by atoms with van der Waals surface area (Å²) >= 11 is 0. The number of unbranched alkanes of at least 4 members (excludes halogenated alkanes) is 1. The molecule has 0 aliphatic heterocycles. The lowest BCUT2D eigenvalue weighted by Crippen LogP contribution is -2.43. The molecule has 31 heavy (non-hydrogen) atoms. The number of carbonyl (C=O) groups is 2. The number of aryl methyl sites for hydroxylation is 1. The molecule has 0 N–H and O–H groups in total. The molecule has 0 bridgehead atoms. The standard InChI is InChI=1S/C24H34FN3O3/c1-4-6-14-27(18-22-12-8-13-26(22)3)23(29)19-28(15-9-16-31-5-2)24(30)20-10-7-11-21(25)17-20/h7-8,10-13,17H,4-6,9,14-16,18-19H2,1-3H3. The number of aromatic nitrogens is 1. The van der Waals surface area contributed by atoms with E-state index in [0.29, 0.717) is 39.3 Å². The number of amides is 2. The lowest BCUT2D eigenvalue weighted by molar-refractivity contribution is -0.132. The first-order valence-electron chi connectivity index (χ1n) is 11.0.